The van der Waals surface area contributed by atoms with Gasteiger partial charge in [-0.25, -0.2) is 4.98 Å². The van der Waals surface area contributed by atoms with Gasteiger partial charge in [0.25, 0.3) is 5.56 Å². The van der Waals surface area contributed by atoms with Crippen LogP contribution >= 0.6 is 23.1 Å². The van der Waals surface area contributed by atoms with E-state index in [2.05, 4.69) is 29.3 Å². The van der Waals surface area contributed by atoms with E-state index in [1.807, 2.05) is 24.3 Å². The highest BCUT2D eigenvalue weighted by atomic mass is 32.2. The van der Waals surface area contributed by atoms with Crippen LogP contribution < -0.4 is 5.56 Å². The smallest absolute Gasteiger partial charge is 0.262 e. The first kappa shape index (κ1) is 18.9. The number of aromatic nitrogens is 4. The topological polar surface area (TPSA) is 73.8 Å². The molecule has 0 saturated heterocycles. The van der Waals surface area contributed by atoms with Gasteiger partial charge in [-0.05, 0) is 24.5 Å². The third kappa shape index (κ3) is 4.02. The fourth-order valence-electron chi connectivity index (χ4n) is 2.94. The summed E-state index contributed by atoms with van der Waals surface area (Å²) >= 11 is 3.04. The molecule has 6 nitrogen and oxygen atoms in total. The zero-order valence-electron chi connectivity index (χ0n) is 15.7. The molecule has 3 aromatic heterocycles. The van der Waals surface area contributed by atoms with E-state index in [1.165, 1.54) is 22.2 Å². The van der Waals surface area contributed by atoms with E-state index in [0.717, 1.165) is 17.7 Å². The van der Waals surface area contributed by atoms with Gasteiger partial charge in [0.15, 0.2) is 5.16 Å². The Morgan fingerprint density at radius 2 is 2.04 bits per heavy atom. The minimum atomic E-state index is 0.0149. The molecule has 0 aliphatic heterocycles. The van der Waals surface area contributed by atoms with Crippen LogP contribution in [0.5, 0.6) is 0 Å². The van der Waals surface area contributed by atoms with Crippen LogP contribution in [0.2, 0.25) is 0 Å². The van der Waals surface area contributed by atoms with E-state index in [9.17, 15) is 4.79 Å². The highest BCUT2D eigenvalue weighted by Gasteiger charge is 2.15. The molecule has 0 N–H and O–H groups in total. The summed E-state index contributed by atoms with van der Waals surface area (Å²) in [6.45, 7) is 4.43. The molecule has 0 saturated carbocycles. The Labute approximate surface area is 170 Å². The SMILES string of the molecule is CCc1cc2c(=O)n(CCc3ccccc3)c(SCc3nnc(C)o3)nc2s1. The molecule has 0 atom stereocenters. The maximum absolute atomic E-state index is 13.2. The molecule has 3 heterocycles. The number of nitrogens with zero attached hydrogens (tertiary/aromatic N) is 4. The van der Waals surface area contributed by atoms with Crippen molar-refractivity contribution in [1.82, 2.24) is 19.7 Å². The Bertz CT molecular complexity index is 1150. The molecule has 8 heteroatoms. The average Bonchev–Trinajstić information content (AvgIpc) is 3.32. The van der Waals surface area contributed by atoms with E-state index < -0.39 is 0 Å². The molecule has 0 spiro atoms. The molecule has 28 heavy (non-hydrogen) atoms. The van der Waals surface area contributed by atoms with Gasteiger partial charge in [-0.2, -0.15) is 0 Å². The highest BCUT2D eigenvalue weighted by Crippen LogP contribution is 2.26. The zero-order valence-corrected chi connectivity index (χ0v) is 17.3. The fourth-order valence-corrected chi connectivity index (χ4v) is 4.81. The molecule has 0 bridgehead atoms. The van der Waals surface area contributed by atoms with Crippen LogP contribution in [-0.4, -0.2) is 19.7 Å². The Hall–Kier alpha value is -2.45. The third-order valence-electron chi connectivity index (χ3n) is 4.38. The Kier molecular flexibility index (Phi) is 5.59. The Morgan fingerprint density at radius 3 is 2.75 bits per heavy atom. The van der Waals surface area contributed by atoms with Crippen LogP contribution in [0.4, 0.5) is 0 Å². The molecule has 0 amide bonds. The summed E-state index contributed by atoms with van der Waals surface area (Å²) in [5.74, 6) is 1.55. The summed E-state index contributed by atoms with van der Waals surface area (Å²) in [7, 11) is 0. The van der Waals surface area contributed by atoms with Gasteiger partial charge in [0.1, 0.15) is 4.83 Å². The standard InChI is InChI=1S/C20H20N4O2S2/c1-3-15-11-16-18(28-15)21-20(27-12-17-23-22-13(2)26-17)24(19(16)25)10-9-14-7-5-4-6-8-14/h4-8,11H,3,9-10,12H2,1-2H3. The molecule has 4 aromatic rings. The summed E-state index contributed by atoms with van der Waals surface area (Å²) < 4.78 is 7.23. The van der Waals surface area contributed by atoms with E-state index in [1.54, 1.807) is 22.8 Å². The first-order chi connectivity index (χ1) is 13.6. The van der Waals surface area contributed by atoms with E-state index in [4.69, 9.17) is 9.40 Å². The van der Waals surface area contributed by atoms with E-state index >= 15 is 0 Å². The van der Waals surface area contributed by atoms with Gasteiger partial charge in [-0.15, -0.1) is 21.5 Å². The molecule has 0 fully saturated rings. The van der Waals surface area contributed by atoms with Gasteiger partial charge in [-0.3, -0.25) is 9.36 Å². The van der Waals surface area contributed by atoms with Gasteiger partial charge >= 0.3 is 0 Å². The fraction of sp³-hybridized carbons (Fsp3) is 0.300. The maximum Gasteiger partial charge on any atom is 0.262 e. The minimum Gasteiger partial charge on any atom is -0.425 e. The number of hydrogen-bond acceptors (Lipinski definition) is 7. The van der Waals surface area contributed by atoms with Gasteiger partial charge in [0.05, 0.1) is 11.1 Å². The molecular weight excluding hydrogens is 392 g/mol. The summed E-state index contributed by atoms with van der Waals surface area (Å²) in [5.41, 5.74) is 1.21. The second-order valence-electron chi connectivity index (χ2n) is 6.38. The maximum atomic E-state index is 13.2. The predicted octanol–water partition coefficient (Wildman–Crippen LogP) is 4.25. The van der Waals surface area contributed by atoms with E-state index in [-0.39, 0.29) is 5.56 Å². The number of thiophene rings is 1. The van der Waals surface area contributed by atoms with Gasteiger partial charge in [0.2, 0.25) is 11.8 Å². The van der Waals surface area contributed by atoms with Crippen molar-refractivity contribution in [2.45, 2.75) is 44.1 Å². The summed E-state index contributed by atoms with van der Waals surface area (Å²) in [6, 6.07) is 12.1. The van der Waals surface area contributed by atoms with Crippen LogP contribution in [-0.2, 0) is 25.1 Å². The average molecular weight is 413 g/mol. The molecule has 4 rings (SSSR count). The number of rotatable bonds is 7. The van der Waals surface area contributed by atoms with Crippen LogP contribution in [0, 0.1) is 6.92 Å². The van der Waals surface area contributed by atoms with Crippen molar-refractivity contribution in [2.24, 2.45) is 0 Å². The van der Waals surface area contributed by atoms with Crippen molar-refractivity contribution in [3.63, 3.8) is 0 Å². The quantitative estimate of drug-likeness (QED) is 0.334. The van der Waals surface area contributed by atoms with Gasteiger partial charge in [0, 0.05) is 18.3 Å². The first-order valence-corrected chi connectivity index (χ1v) is 10.9. The van der Waals surface area contributed by atoms with Crippen LogP contribution in [0.25, 0.3) is 10.2 Å². The Balaban J connectivity index is 1.68. The number of thioether (sulfide) groups is 1. The lowest BCUT2D eigenvalue weighted by Crippen LogP contribution is -2.23. The second-order valence-corrected chi connectivity index (χ2v) is 8.43. The van der Waals surface area contributed by atoms with Crippen molar-refractivity contribution in [1.29, 1.82) is 0 Å². The molecule has 0 radical (unpaired) electrons. The van der Waals surface area contributed by atoms with E-state index in [0.29, 0.717) is 34.6 Å². The first-order valence-electron chi connectivity index (χ1n) is 9.13. The van der Waals surface area contributed by atoms with Crippen LogP contribution in [0.1, 0.15) is 29.1 Å². The molecule has 0 aliphatic rings. The summed E-state index contributed by atoms with van der Waals surface area (Å²) in [5, 5.41) is 9.29. The molecular formula is C20H20N4O2S2. The number of fused-ring (bicyclic) bond motifs is 1. The number of aryl methyl sites for hydroxylation is 3. The normalized spacial score (nSPS) is 11.4. The Morgan fingerprint density at radius 1 is 1.21 bits per heavy atom. The van der Waals surface area contributed by atoms with Crippen molar-refractivity contribution in [3.8, 4) is 0 Å². The van der Waals surface area contributed by atoms with Crippen molar-refractivity contribution < 1.29 is 4.42 Å². The van der Waals surface area contributed by atoms with Gasteiger partial charge < -0.3 is 4.42 Å². The molecule has 0 aliphatic carbocycles. The highest BCUT2D eigenvalue weighted by molar-refractivity contribution is 7.98. The number of benzene rings is 1. The van der Waals surface area contributed by atoms with Crippen molar-refractivity contribution in [2.75, 3.05) is 0 Å². The lowest BCUT2D eigenvalue weighted by atomic mass is 10.1. The molecule has 1 aromatic carbocycles. The van der Waals surface area contributed by atoms with Crippen molar-refractivity contribution >= 4 is 33.3 Å². The predicted molar refractivity (Wildman–Crippen MR) is 112 cm³/mol. The lowest BCUT2D eigenvalue weighted by molar-refractivity contribution is 0.485. The van der Waals surface area contributed by atoms with Crippen LogP contribution in [0.3, 0.4) is 0 Å². The monoisotopic (exact) mass is 412 g/mol. The second kappa shape index (κ2) is 8.28. The van der Waals surface area contributed by atoms with Crippen molar-refractivity contribution in [3.05, 3.63) is 69.0 Å². The number of hydrogen-bond donors (Lipinski definition) is 0. The molecule has 144 valence electrons. The summed E-state index contributed by atoms with van der Waals surface area (Å²) in [6.07, 6.45) is 1.67. The van der Waals surface area contributed by atoms with Gasteiger partial charge in [-0.1, -0.05) is 49.0 Å². The third-order valence-corrected chi connectivity index (χ3v) is 6.51. The minimum absolute atomic E-state index is 0.0149. The lowest BCUT2D eigenvalue weighted by Gasteiger charge is -2.11. The van der Waals surface area contributed by atoms with Crippen LogP contribution in [0.15, 0.2) is 50.8 Å². The summed E-state index contributed by atoms with van der Waals surface area (Å²) in [4.78, 5) is 19.9. The largest absolute Gasteiger partial charge is 0.425 e. The molecule has 0 unspecified atom stereocenters. The zero-order chi connectivity index (χ0) is 19.5.